The van der Waals surface area contributed by atoms with Gasteiger partial charge in [0, 0.05) is 67.4 Å². The van der Waals surface area contributed by atoms with E-state index in [1.807, 2.05) is 88.7 Å². The van der Waals surface area contributed by atoms with E-state index in [1.165, 1.54) is 15.3 Å². The molecule has 5 heterocycles. The SMILES string of the molecule is CCc1ccc(C2=NC(CC(=O)Nc3ccc(OCCCOCCCOCC(=O)N[C@H](C(=O)N4C[C@H](O)C[C@H]4C(=O)NCc4ccc(-c5scnc5C)cc4)C(C)(C)C)cc3)c3nnc(C)n3-c3sc(C)c(C)c32)cc1. The number of hydrogen-bond acceptors (Lipinski definition) is 14. The maximum atomic E-state index is 14.0. The fourth-order valence-corrected chi connectivity index (χ4v) is 11.3. The molecule has 3 aromatic heterocycles. The zero-order valence-corrected chi connectivity index (χ0v) is 46.2. The number of benzene rings is 3. The lowest BCUT2D eigenvalue weighted by atomic mass is 9.85. The van der Waals surface area contributed by atoms with Crippen molar-refractivity contribution < 1.29 is 38.5 Å². The van der Waals surface area contributed by atoms with E-state index in [9.17, 15) is 24.3 Å². The molecule has 1 saturated heterocycles. The molecule has 0 radical (unpaired) electrons. The van der Waals surface area contributed by atoms with Crippen molar-refractivity contribution in [2.45, 2.75) is 118 Å². The number of aromatic nitrogens is 4. The molecule has 0 aliphatic carbocycles. The number of aliphatic hydroxyl groups excluding tert-OH is 1. The van der Waals surface area contributed by atoms with Gasteiger partial charge >= 0.3 is 0 Å². The zero-order valence-electron chi connectivity index (χ0n) is 44.6. The number of β-amino-alcohol motifs (C(OH)–C–C–N with tert-alkyl or cyclic N) is 1. The molecule has 0 bridgehead atoms. The second-order valence-electron chi connectivity index (χ2n) is 20.4. The van der Waals surface area contributed by atoms with Gasteiger partial charge in [-0.05, 0) is 92.5 Å². The molecule has 19 heteroatoms. The first-order valence-corrected chi connectivity index (χ1v) is 27.6. The minimum Gasteiger partial charge on any atom is -0.494 e. The Morgan fingerprint density at radius 1 is 0.842 bits per heavy atom. The highest BCUT2D eigenvalue weighted by molar-refractivity contribution is 7.15. The van der Waals surface area contributed by atoms with Gasteiger partial charge in [0.25, 0.3) is 0 Å². The van der Waals surface area contributed by atoms with Crippen molar-refractivity contribution in [2.75, 3.05) is 44.9 Å². The molecule has 1 unspecified atom stereocenters. The quantitative estimate of drug-likeness (QED) is 0.0477. The number of thiazole rings is 1. The van der Waals surface area contributed by atoms with Gasteiger partial charge in [0.05, 0.1) is 40.9 Å². The molecule has 76 heavy (non-hydrogen) atoms. The van der Waals surface area contributed by atoms with Crippen LogP contribution in [0.4, 0.5) is 5.69 Å². The van der Waals surface area contributed by atoms with Crippen molar-refractivity contribution in [1.29, 1.82) is 0 Å². The van der Waals surface area contributed by atoms with Crippen LogP contribution >= 0.6 is 22.7 Å². The topological polar surface area (TPSA) is 211 Å². The van der Waals surface area contributed by atoms with Crippen molar-refractivity contribution in [3.05, 3.63) is 128 Å². The molecule has 3 aromatic carbocycles. The minimum atomic E-state index is -0.961. The molecular formula is C57H69N9O8S2. The third-order valence-electron chi connectivity index (χ3n) is 13.6. The van der Waals surface area contributed by atoms with Gasteiger partial charge in [-0.3, -0.25) is 28.7 Å². The lowest BCUT2D eigenvalue weighted by Crippen LogP contribution is -2.58. The fourth-order valence-electron chi connectivity index (χ4n) is 9.31. The van der Waals surface area contributed by atoms with Crippen LogP contribution in [0.15, 0.2) is 83.3 Å². The van der Waals surface area contributed by atoms with Crippen molar-refractivity contribution in [3.63, 3.8) is 0 Å². The van der Waals surface area contributed by atoms with Gasteiger partial charge in [0.2, 0.25) is 23.6 Å². The number of amides is 4. The summed E-state index contributed by atoms with van der Waals surface area (Å²) in [6.45, 7) is 17.3. The third-order valence-corrected chi connectivity index (χ3v) is 15.8. The van der Waals surface area contributed by atoms with Gasteiger partial charge in [-0.25, -0.2) is 4.98 Å². The van der Waals surface area contributed by atoms with Crippen LogP contribution < -0.4 is 20.7 Å². The Morgan fingerprint density at radius 2 is 1.53 bits per heavy atom. The summed E-state index contributed by atoms with van der Waals surface area (Å²) in [6.07, 6.45) is 1.43. The smallest absolute Gasteiger partial charge is 0.246 e. The monoisotopic (exact) mass is 1070 g/mol. The van der Waals surface area contributed by atoms with E-state index in [2.05, 4.69) is 80.7 Å². The summed E-state index contributed by atoms with van der Waals surface area (Å²) in [5, 5.41) is 29.3. The number of rotatable bonds is 22. The Morgan fingerprint density at radius 3 is 2.21 bits per heavy atom. The van der Waals surface area contributed by atoms with Crippen molar-refractivity contribution in [2.24, 2.45) is 10.4 Å². The lowest BCUT2D eigenvalue weighted by Gasteiger charge is -2.35. The second-order valence-corrected chi connectivity index (χ2v) is 22.4. The number of nitrogens with one attached hydrogen (secondary N) is 3. The number of likely N-dealkylation sites (tertiary alicyclic amines) is 1. The third kappa shape index (κ3) is 13.5. The first kappa shape index (κ1) is 55.6. The van der Waals surface area contributed by atoms with Gasteiger partial charge in [-0.15, -0.1) is 32.9 Å². The van der Waals surface area contributed by atoms with Gasteiger partial charge in [0.15, 0.2) is 5.82 Å². The first-order chi connectivity index (χ1) is 36.5. The highest BCUT2D eigenvalue weighted by Crippen LogP contribution is 2.40. The highest BCUT2D eigenvalue weighted by atomic mass is 32.1. The molecule has 2 aliphatic heterocycles. The summed E-state index contributed by atoms with van der Waals surface area (Å²) in [6, 6.07) is 21.2. The van der Waals surface area contributed by atoms with Crippen LogP contribution in [0.25, 0.3) is 15.4 Å². The molecule has 4 amide bonds. The van der Waals surface area contributed by atoms with E-state index in [0.29, 0.717) is 49.9 Å². The van der Waals surface area contributed by atoms with E-state index in [-0.39, 0.29) is 51.0 Å². The molecule has 8 rings (SSSR count). The Balaban J connectivity index is 0.726. The van der Waals surface area contributed by atoms with Crippen molar-refractivity contribution in [3.8, 4) is 21.2 Å². The summed E-state index contributed by atoms with van der Waals surface area (Å²) < 4.78 is 19.4. The maximum absolute atomic E-state index is 14.0. The van der Waals surface area contributed by atoms with Crippen molar-refractivity contribution in [1.82, 2.24) is 35.3 Å². The number of aliphatic hydroxyl groups is 1. The molecule has 4 atom stereocenters. The Labute approximate surface area is 452 Å². The molecular weight excluding hydrogens is 1000 g/mol. The fraction of sp³-hybridized carbons (Fsp3) is 0.439. The molecule has 0 spiro atoms. The Bertz CT molecular complexity index is 3010. The van der Waals surface area contributed by atoms with Crippen LogP contribution in [0.3, 0.4) is 0 Å². The van der Waals surface area contributed by atoms with Crippen LogP contribution in [-0.2, 0) is 41.6 Å². The van der Waals surface area contributed by atoms with Gasteiger partial charge in [-0.1, -0.05) is 76.2 Å². The van der Waals surface area contributed by atoms with E-state index in [4.69, 9.17) is 19.2 Å². The predicted molar refractivity (Wildman–Crippen MR) is 295 cm³/mol. The lowest BCUT2D eigenvalue weighted by molar-refractivity contribution is -0.144. The summed E-state index contributed by atoms with van der Waals surface area (Å²) in [4.78, 5) is 67.4. The Hall–Kier alpha value is -6.64. The van der Waals surface area contributed by atoms with Crippen LogP contribution in [0.2, 0.25) is 0 Å². The van der Waals surface area contributed by atoms with Crippen molar-refractivity contribution >= 4 is 57.7 Å². The number of aliphatic imine (C=N–C) groups is 1. The number of hydrogen-bond donors (Lipinski definition) is 4. The average Bonchev–Trinajstić information content (AvgIpc) is 4.19. The van der Waals surface area contributed by atoms with Gasteiger partial charge in [0.1, 0.15) is 41.3 Å². The van der Waals surface area contributed by atoms with Crippen LogP contribution in [0, 0.1) is 33.1 Å². The largest absolute Gasteiger partial charge is 0.494 e. The number of thiophene rings is 1. The van der Waals surface area contributed by atoms with E-state index < -0.39 is 41.5 Å². The summed E-state index contributed by atoms with van der Waals surface area (Å²) in [5.74, 6) is 0.568. The highest BCUT2D eigenvalue weighted by Gasteiger charge is 2.44. The minimum absolute atomic E-state index is 0.0154. The summed E-state index contributed by atoms with van der Waals surface area (Å²) in [7, 11) is 0. The Kier molecular flexibility index (Phi) is 18.3. The van der Waals surface area contributed by atoms with E-state index in [0.717, 1.165) is 61.3 Å². The van der Waals surface area contributed by atoms with Crippen LogP contribution in [0.1, 0.15) is 109 Å². The number of aryl methyl sites for hydroxylation is 4. The zero-order chi connectivity index (χ0) is 54.1. The molecule has 0 saturated carbocycles. The predicted octanol–water partition coefficient (Wildman–Crippen LogP) is 8.17. The number of carbonyl (C=O) groups excluding carboxylic acids is 4. The molecule has 17 nitrogen and oxygen atoms in total. The van der Waals surface area contributed by atoms with E-state index >= 15 is 0 Å². The average molecular weight is 1070 g/mol. The molecule has 2 aliphatic rings. The molecule has 6 aromatic rings. The second kappa shape index (κ2) is 25.0. The summed E-state index contributed by atoms with van der Waals surface area (Å²) >= 11 is 3.26. The first-order valence-electron chi connectivity index (χ1n) is 25.9. The number of fused-ring (bicyclic) bond motifs is 3. The maximum Gasteiger partial charge on any atom is 0.246 e. The molecule has 402 valence electrons. The van der Waals surface area contributed by atoms with E-state index in [1.54, 1.807) is 22.7 Å². The summed E-state index contributed by atoms with van der Waals surface area (Å²) in [5.41, 5.74) is 9.94. The van der Waals surface area contributed by atoms with Gasteiger partial charge < -0.3 is 40.2 Å². The number of anilines is 1. The molecule has 4 N–H and O–H groups in total. The molecule has 1 fully saturated rings. The number of ether oxygens (including phenoxy) is 3. The standard InChI is InChI=1S/C57H69N9O8S2/c1-9-38-12-16-40(17-13-38)50-49-34(2)36(4)76-56(49)66-37(5)63-64-53(66)45(61-50)29-47(68)60-42-20-22-44(23-21-42)74-27-11-25-72-24-10-26-73-32-48(69)62-52(57(6,7)8)55(71)65-31-43(67)28-46(65)54(70)58-30-39-14-18-41(19-15-39)51-35(3)59-33-75-51/h12-23,33,43,45-46,52,67H,9-11,24-32H2,1-8H3,(H,58,70)(H,60,68)(H,62,69)/t43-,45?,46+,52-/m1/s1. The number of nitrogens with zero attached hydrogens (tertiary/aromatic N) is 6. The van der Waals surface area contributed by atoms with Crippen LogP contribution in [-0.4, -0.2) is 117 Å². The van der Waals surface area contributed by atoms with Crippen LogP contribution in [0.5, 0.6) is 5.75 Å². The normalized spacial score (nSPS) is 16.6. The number of carbonyl (C=O) groups is 4. The van der Waals surface area contributed by atoms with Gasteiger partial charge in [-0.2, -0.15) is 0 Å².